The topological polar surface area (TPSA) is 38.1 Å². The van der Waals surface area contributed by atoms with Crippen molar-refractivity contribution in [1.29, 1.82) is 0 Å². The summed E-state index contributed by atoms with van der Waals surface area (Å²) in [7, 11) is 5.57. The summed E-state index contributed by atoms with van der Waals surface area (Å²) in [4.78, 5) is 13.4. The van der Waals surface area contributed by atoms with Gasteiger partial charge in [-0.1, -0.05) is 0 Å². The first-order chi connectivity index (χ1) is 6.52. The molecule has 4 heteroatoms. The molecule has 0 saturated carbocycles. The highest BCUT2D eigenvalue weighted by atomic mass is 16.1. The first kappa shape index (κ1) is 10.5. The highest BCUT2D eigenvalue weighted by molar-refractivity contribution is 6.05. The zero-order chi connectivity index (χ0) is 10.7. The molecular weight excluding hydrogens is 178 g/mol. The summed E-state index contributed by atoms with van der Waals surface area (Å²) in [6.07, 6.45) is 4.87. The number of carbonyl (C=O) groups is 1. The maximum Gasteiger partial charge on any atom is 0.190 e. The Labute approximate surface area is 83.8 Å². The molecule has 0 aromatic carbocycles. The fourth-order valence-corrected chi connectivity index (χ4v) is 1.05. The molecule has 0 atom stereocenters. The summed E-state index contributed by atoms with van der Waals surface area (Å²) in [6.45, 7) is 1.88. The first-order valence-corrected chi connectivity index (χ1v) is 4.40. The van der Waals surface area contributed by atoms with Crippen LogP contribution >= 0.6 is 0 Å². The van der Waals surface area contributed by atoms with E-state index in [0.29, 0.717) is 5.56 Å². The third-order valence-electron chi connectivity index (χ3n) is 2.02. The lowest BCUT2D eigenvalue weighted by Gasteiger charge is -2.02. The molecule has 76 valence electrons. The second kappa shape index (κ2) is 4.09. The van der Waals surface area contributed by atoms with Gasteiger partial charge in [-0.25, -0.2) is 0 Å². The number of allylic oxidation sites excluding steroid dienone is 1. The number of aromatic nitrogens is 2. The van der Waals surface area contributed by atoms with Crippen LogP contribution in [0, 0.1) is 6.92 Å². The van der Waals surface area contributed by atoms with Crippen molar-refractivity contribution < 1.29 is 4.79 Å². The zero-order valence-corrected chi connectivity index (χ0v) is 8.98. The van der Waals surface area contributed by atoms with Crippen LogP contribution in [0.4, 0.5) is 0 Å². The van der Waals surface area contributed by atoms with Crippen LogP contribution in [0.2, 0.25) is 0 Å². The van der Waals surface area contributed by atoms with Crippen molar-refractivity contribution in [3.63, 3.8) is 0 Å². The summed E-state index contributed by atoms with van der Waals surface area (Å²) in [6, 6.07) is 0. The lowest BCUT2D eigenvalue weighted by atomic mass is 10.2. The second-order valence-electron chi connectivity index (χ2n) is 3.41. The molecule has 1 aromatic rings. The van der Waals surface area contributed by atoms with Crippen LogP contribution in [0.5, 0.6) is 0 Å². The highest BCUT2D eigenvalue weighted by Gasteiger charge is 2.09. The third kappa shape index (κ3) is 2.22. The van der Waals surface area contributed by atoms with Gasteiger partial charge in [0.1, 0.15) is 0 Å². The van der Waals surface area contributed by atoms with Gasteiger partial charge in [-0.3, -0.25) is 9.48 Å². The maximum atomic E-state index is 11.6. The van der Waals surface area contributed by atoms with Gasteiger partial charge >= 0.3 is 0 Å². The molecule has 0 aliphatic carbocycles. The largest absolute Gasteiger partial charge is 0.383 e. The molecule has 0 saturated heterocycles. The standard InChI is InChI=1S/C10H15N3O/c1-8-9(7-11-13(8)4)10(14)5-6-12(2)3/h5-7H,1-4H3/b6-5+. The fraction of sp³-hybridized carbons (Fsp3) is 0.400. The summed E-state index contributed by atoms with van der Waals surface area (Å²) in [5.74, 6) is -0.00991. The van der Waals surface area contributed by atoms with Gasteiger partial charge in [-0.15, -0.1) is 0 Å². The summed E-state index contributed by atoms with van der Waals surface area (Å²) in [5, 5.41) is 4.01. The SMILES string of the molecule is Cc1c(C(=O)/C=C/N(C)C)cnn1C. The molecular formula is C10H15N3O. The summed E-state index contributed by atoms with van der Waals surface area (Å²) < 4.78 is 1.69. The minimum atomic E-state index is -0.00991. The molecule has 0 unspecified atom stereocenters. The average molecular weight is 193 g/mol. The molecule has 0 aliphatic rings. The molecule has 0 spiro atoms. The van der Waals surface area contributed by atoms with Crippen LogP contribution in [0.1, 0.15) is 16.1 Å². The monoisotopic (exact) mass is 193 g/mol. The Balaban J connectivity index is 2.85. The first-order valence-electron chi connectivity index (χ1n) is 4.40. The molecule has 0 radical (unpaired) electrons. The van der Waals surface area contributed by atoms with Crippen LogP contribution in [0.25, 0.3) is 0 Å². The van der Waals surface area contributed by atoms with Crippen molar-refractivity contribution in [2.75, 3.05) is 14.1 Å². The quantitative estimate of drug-likeness (QED) is 0.530. The normalized spacial score (nSPS) is 10.9. The van der Waals surface area contributed by atoms with Gasteiger partial charge < -0.3 is 4.90 Å². The minimum absolute atomic E-state index is 0.00991. The smallest absolute Gasteiger partial charge is 0.190 e. The van der Waals surface area contributed by atoms with E-state index in [0.717, 1.165) is 5.69 Å². The molecule has 1 rings (SSSR count). The van der Waals surface area contributed by atoms with E-state index in [1.807, 2.05) is 33.0 Å². The molecule has 1 aromatic heterocycles. The predicted molar refractivity (Wildman–Crippen MR) is 55.1 cm³/mol. The summed E-state index contributed by atoms with van der Waals surface area (Å²) in [5.41, 5.74) is 1.55. The van der Waals surface area contributed by atoms with Crippen molar-refractivity contribution >= 4 is 5.78 Å². The zero-order valence-electron chi connectivity index (χ0n) is 8.98. The van der Waals surface area contributed by atoms with E-state index in [1.54, 1.807) is 23.2 Å². The van der Waals surface area contributed by atoms with Gasteiger partial charge in [0, 0.05) is 39.1 Å². The van der Waals surface area contributed by atoms with Crippen molar-refractivity contribution in [3.8, 4) is 0 Å². The van der Waals surface area contributed by atoms with Crippen molar-refractivity contribution in [1.82, 2.24) is 14.7 Å². The van der Waals surface area contributed by atoms with Crippen LogP contribution in [-0.2, 0) is 7.05 Å². The minimum Gasteiger partial charge on any atom is -0.383 e. The number of hydrogen-bond donors (Lipinski definition) is 0. The van der Waals surface area contributed by atoms with Crippen LogP contribution in [-0.4, -0.2) is 34.6 Å². The number of hydrogen-bond acceptors (Lipinski definition) is 3. The van der Waals surface area contributed by atoms with Crippen molar-refractivity contribution in [2.24, 2.45) is 7.05 Å². The molecule has 4 nitrogen and oxygen atoms in total. The highest BCUT2D eigenvalue weighted by Crippen LogP contribution is 2.07. The Morgan fingerprint density at radius 2 is 2.21 bits per heavy atom. The molecule has 0 amide bonds. The maximum absolute atomic E-state index is 11.6. The van der Waals surface area contributed by atoms with Gasteiger partial charge in [0.05, 0.1) is 11.8 Å². The van der Waals surface area contributed by atoms with E-state index in [2.05, 4.69) is 5.10 Å². The van der Waals surface area contributed by atoms with E-state index in [1.165, 1.54) is 0 Å². The molecule has 14 heavy (non-hydrogen) atoms. The fourth-order valence-electron chi connectivity index (χ4n) is 1.05. The molecule has 0 fully saturated rings. The van der Waals surface area contributed by atoms with E-state index in [4.69, 9.17) is 0 Å². The van der Waals surface area contributed by atoms with Crippen LogP contribution in [0.3, 0.4) is 0 Å². The van der Waals surface area contributed by atoms with Crippen LogP contribution < -0.4 is 0 Å². The van der Waals surface area contributed by atoms with E-state index < -0.39 is 0 Å². The molecule has 0 bridgehead atoms. The third-order valence-corrected chi connectivity index (χ3v) is 2.02. The van der Waals surface area contributed by atoms with E-state index >= 15 is 0 Å². The Bertz CT molecular complexity index is 363. The lowest BCUT2D eigenvalue weighted by Crippen LogP contribution is -2.04. The Morgan fingerprint density at radius 1 is 1.57 bits per heavy atom. The van der Waals surface area contributed by atoms with Crippen molar-refractivity contribution in [3.05, 3.63) is 29.7 Å². The Hall–Kier alpha value is -1.58. The summed E-state index contributed by atoms with van der Waals surface area (Å²) >= 11 is 0. The van der Waals surface area contributed by atoms with E-state index in [9.17, 15) is 4.79 Å². The van der Waals surface area contributed by atoms with E-state index in [-0.39, 0.29) is 5.78 Å². The number of nitrogens with zero attached hydrogens (tertiary/aromatic N) is 3. The Morgan fingerprint density at radius 3 is 2.64 bits per heavy atom. The molecule has 0 aliphatic heterocycles. The van der Waals surface area contributed by atoms with Crippen molar-refractivity contribution in [2.45, 2.75) is 6.92 Å². The Kier molecular flexibility index (Phi) is 3.06. The predicted octanol–water partition coefficient (Wildman–Crippen LogP) is 0.987. The van der Waals surface area contributed by atoms with Gasteiger partial charge in [-0.05, 0) is 6.92 Å². The van der Waals surface area contributed by atoms with Gasteiger partial charge in [0.2, 0.25) is 0 Å². The number of aryl methyl sites for hydroxylation is 1. The average Bonchev–Trinajstić information content (AvgIpc) is 2.44. The lowest BCUT2D eigenvalue weighted by molar-refractivity contribution is 0.104. The second-order valence-corrected chi connectivity index (χ2v) is 3.41. The molecule has 0 N–H and O–H groups in total. The van der Waals surface area contributed by atoms with Gasteiger partial charge in [-0.2, -0.15) is 5.10 Å². The van der Waals surface area contributed by atoms with Crippen LogP contribution in [0.15, 0.2) is 18.5 Å². The van der Waals surface area contributed by atoms with Gasteiger partial charge in [0.25, 0.3) is 0 Å². The number of rotatable bonds is 3. The number of ketones is 1. The van der Waals surface area contributed by atoms with Gasteiger partial charge in [0.15, 0.2) is 5.78 Å². The molecule has 1 heterocycles. The number of carbonyl (C=O) groups excluding carboxylic acids is 1.